The average Bonchev–Trinajstić information content (AvgIpc) is 2.80. The summed E-state index contributed by atoms with van der Waals surface area (Å²) >= 11 is 0. The number of aryl methyl sites for hydroxylation is 1. The number of hydrogen-bond acceptors (Lipinski definition) is 3. The Morgan fingerprint density at radius 2 is 1.44 bits per heavy atom. The van der Waals surface area contributed by atoms with Gasteiger partial charge >= 0.3 is 5.97 Å². The van der Waals surface area contributed by atoms with Gasteiger partial charge in [0.2, 0.25) is 0 Å². The molecule has 2 unspecified atom stereocenters. The highest BCUT2D eigenvalue weighted by Crippen LogP contribution is 2.52. The number of ether oxygens (including phenoxy) is 2. The van der Waals surface area contributed by atoms with Gasteiger partial charge in [-0.15, -0.1) is 0 Å². The molecule has 0 spiro atoms. The van der Waals surface area contributed by atoms with Gasteiger partial charge < -0.3 is 9.47 Å². The fourth-order valence-corrected chi connectivity index (χ4v) is 4.12. The molecule has 0 aromatic heterocycles. The van der Waals surface area contributed by atoms with E-state index in [0.717, 1.165) is 12.5 Å². The van der Waals surface area contributed by atoms with Crippen LogP contribution in [0.1, 0.15) is 59.7 Å². The Hall–Kier alpha value is -3.42. The second-order valence-corrected chi connectivity index (χ2v) is 7.87. The van der Waals surface area contributed by atoms with Gasteiger partial charge in [0.15, 0.2) is 35.5 Å². The van der Waals surface area contributed by atoms with Crippen molar-refractivity contribution in [3.8, 4) is 22.6 Å². The minimum Gasteiger partial charge on any atom is -0.491 e. The van der Waals surface area contributed by atoms with Gasteiger partial charge in [-0.25, -0.2) is 26.7 Å². The number of benzene rings is 3. The lowest BCUT2D eigenvalue weighted by atomic mass is 9.82. The molecule has 3 nitrogen and oxygen atoms in total. The fourth-order valence-electron chi connectivity index (χ4n) is 4.12. The molecule has 0 saturated heterocycles. The lowest BCUT2D eigenvalue weighted by molar-refractivity contribution is 0.0721. The van der Waals surface area contributed by atoms with Gasteiger partial charge in [0, 0.05) is 11.1 Å². The number of fused-ring (bicyclic) bond motifs is 3. The van der Waals surface area contributed by atoms with Crippen molar-refractivity contribution in [3.63, 3.8) is 0 Å². The highest BCUT2D eigenvalue weighted by Gasteiger charge is 2.40. The van der Waals surface area contributed by atoms with Gasteiger partial charge in [0.25, 0.3) is 0 Å². The van der Waals surface area contributed by atoms with Crippen molar-refractivity contribution < 1.29 is 36.2 Å². The van der Waals surface area contributed by atoms with E-state index >= 15 is 8.78 Å². The van der Waals surface area contributed by atoms with E-state index in [-0.39, 0.29) is 23.5 Å². The van der Waals surface area contributed by atoms with Gasteiger partial charge in [0.05, 0.1) is 12.2 Å². The number of alkyl halides is 2. The van der Waals surface area contributed by atoms with E-state index in [0.29, 0.717) is 12.0 Å². The van der Waals surface area contributed by atoms with Crippen molar-refractivity contribution in [2.45, 2.75) is 39.0 Å². The molecule has 3 aromatic rings. The molecule has 4 rings (SSSR count). The summed E-state index contributed by atoms with van der Waals surface area (Å²) in [6.07, 6.45) is -3.67. The molecule has 3 aromatic carbocycles. The maximum absolute atomic E-state index is 15.2. The molecular formula is C26H21F5O3. The number of carbonyl (C=O) groups is 1. The first-order valence-electron chi connectivity index (χ1n) is 10.8. The fraction of sp³-hybridized carbons (Fsp3) is 0.269. The summed E-state index contributed by atoms with van der Waals surface area (Å²) in [7, 11) is 0. The van der Waals surface area contributed by atoms with Gasteiger partial charge in [-0.2, -0.15) is 0 Å². The molecule has 1 aliphatic rings. The van der Waals surface area contributed by atoms with Crippen molar-refractivity contribution in [3.05, 3.63) is 82.2 Å². The Labute approximate surface area is 193 Å². The molecule has 0 saturated carbocycles. The second-order valence-electron chi connectivity index (χ2n) is 7.87. The molecule has 178 valence electrons. The Morgan fingerprint density at radius 1 is 0.853 bits per heavy atom. The zero-order valence-electron chi connectivity index (χ0n) is 18.4. The molecule has 0 heterocycles. The number of hydrogen-bond donors (Lipinski definition) is 0. The Morgan fingerprint density at radius 3 is 2.00 bits per heavy atom. The SMILES string of the molecule is CCCc1ccc(C(=O)Oc2ccc3c(c2F)C(F)C(F)c2c-3ccc(OCC)c2F)c(F)c1. The lowest BCUT2D eigenvalue weighted by Gasteiger charge is -2.28. The summed E-state index contributed by atoms with van der Waals surface area (Å²) in [4.78, 5) is 12.5. The quantitative estimate of drug-likeness (QED) is 0.212. The van der Waals surface area contributed by atoms with Crippen molar-refractivity contribution in [2.75, 3.05) is 6.61 Å². The van der Waals surface area contributed by atoms with Crippen molar-refractivity contribution in [1.29, 1.82) is 0 Å². The molecule has 8 heteroatoms. The molecule has 0 aliphatic heterocycles. The van der Waals surface area contributed by atoms with Gasteiger partial charge in [-0.05, 0) is 54.3 Å². The van der Waals surface area contributed by atoms with Crippen molar-refractivity contribution in [1.82, 2.24) is 0 Å². The number of esters is 1. The Balaban J connectivity index is 1.71. The van der Waals surface area contributed by atoms with Gasteiger partial charge in [0.1, 0.15) is 5.82 Å². The summed E-state index contributed by atoms with van der Waals surface area (Å²) in [6.45, 7) is 3.65. The van der Waals surface area contributed by atoms with E-state index in [2.05, 4.69) is 0 Å². The third-order valence-electron chi connectivity index (χ3n) is 5.68. The second kappa shape index (κ2) is 9.44. The van der Waals surface area contributed by atoms with Crippen LogP contribution in [0.2, 0.25) is 0 Å². The zero-order chi connectivity index (χ0) is 24.6. The molecule has 2 atom stereocenters. The van der Waals surface area contributed by atoms with Crippen LogP contribution < -0.4 is 9.47 Å². The van der Waals surface area contributed by atoms with Crippen molar-refractivity contribution in [2.24, 2.45) is 0 Å². The van der Waals surface area contributed by atoms with E-state index in [1.54, 1.807) is 13.0 Å². The first-order valence-corrected chi connectivity index (χ1v) is 10.8. The van der Waals surface area contributed by atoms with Crippen LogP contribution in [0.4, 0.5) is 22.0 Å². The third-order valence-corrected chi connectivity index (χ3v) is 5.68. The van der Waals surface area contributed by atoms with Crippen LogP contribution in [0.3, 0.4) is 0 Å². The predicted molar refractivity (Wildman–Crippen MR) is 116 cm³/mol. The predicted octanol–water partition coefficient (Wildman–Crippen LogP) is 7.38. The largest absolute Gasteiger partial charge is 0.491 e. The van der Waals surface area contributed by atoms with E-state index in [1.807, 2.05) is 6.92 Å². The van der Waals surface area contributed by atoms with Crippen LogP contribution in [0, 0.1) is 17.5 Å². The third kappa shape index (κ3) is 4.02. The minimum atomic E-state index is -2.56. The van der Waals surface area contributed by atoms with E-state index < -0.39 is 58.2 Å². The lowest BCUT2D eigenvalue weighted by Crippen LogP contribution is -2.17. The van der Waals surface area contributed by atoms with Crippen LogP contribution in [0.25, 0.3) is 11.1 Å². The average molecular weight is 476 g/mol. The zero-order valence-corrected chi connectivity index (χ0v) is 18.4. The van der Waals surface area contributed by atoms with E-state index in [4.69, 9.17) is 9.47 Å². The Kier molecular flexibility index (Phi) is 6.59. The maximum Gasteiger partial charge on any atom is 0.346 e. The van der Waals surface area contributed by atoms with Crippen LogP contribution in [-0.2, 0) is 6.42 Å². The number of rotatable bonds is 6. The van der Waals surface area contributed by atoms with E-state index in [9.17, 15) is 18.0 Å². The molecular weight excluding hydrogens is 455 g/mol. The Bertz CT molecular complexity index is 1260. The first-order chi connectivity index (χ1) is 16.3. The summed E-state index contributed by atoms with van der Waals surface area (Å²) in [5.41, 5.74) is -1.12. The smallest absolute Gasteiger partial charge is 0.346 e. The number of halogens is 5. The number of carbonyl (C=O) groups excluding carboxylic acids is 1. The molecule has 1 aliphatic carbocycles. The summed E-state index contributed by atoms with van der Waals surface area (Å²) in [6, 6.07) is 8.79. The standard InChI is InChI=1S/C26H21F5O3/c1-3-5-13-6-7-16(17(27)12-13)26(32)34-19-11-9-15-14-8-10-18(33-4-2)22(28)20(14)24(30)25(31)21(15)23(19)29/h6-12,24-25H,3-5H2,1-2H3. The van der Waals surface area contributed by atoms with Gasteiger partial charge in [-0.3, -0.25) is 0 Å². The first kappa shape index (κ1) is 23.7. The molecule has 34 heavy (non-hydrogen) atoms. The van der Waals surface area contributed by atoms with Crippen molar-refractivity contribution >= 4 is 5.97 Å². The van der Waals surface area contributed by atoms with Gasteiger partial charge in [-0.1, -0.05) is 31.5 Å². The molecule has 0 N–H and O–H groups in total. The normalized spacial score (nSPS) is 16.6. The monoisotopic (exact) mass is 476 g/mol. The maximum atomic E-state index is 15.2. The molecule has 0 bridgehead atoms. The van der Waals surface area contributed by atoms with Crippen LogP contribution >= 0.6 is 0 Å². The summed E-state index contributed by atoms with van der Waals surface area (Å²) < 4.78 is 84.4. The summed E-state index contributed by atoms with van der Waals surface area (Å²) in [5, 5.41) is 0. The van der Waals surface area contributed by atoms with Crippen LogP contribution in [0.5, 0.6) is 11.5 Å². The molecule has 0 amide bonds. The van der Waals surface area contributed by atoms with Crippen LogP contribution in [-0.4, -0.2) is 12.6 Å². The molecule has 0 radical (unpaired) electrons. The highest BCUT2D eigenvalue weighted by molar-refractivity contribution is 5.91. The minimum absolute atomic E-state index is 0.0355. The molecule has 0 fully saturated rings. The highest BCUT2D eigenvalue weighted by atomic mass is 19.2. The summed E-state index contributed by atoms with van der Waals surface area (Å²) in [5.74, 6) is -5.32. The van der Waals surface area contributed by atoms with E-state index in [1.165, 1.54) is 30.3 Å². The van der Waals surface area contributed by atoms with Crippen LogP contribution in [0.15, 0.2) is 42.5 Å². The topological polar surface area (TPSA) is 35.5 Å².